The minimum Gasteiger partial charge on any atom is -0.478 e. The van der Waals surface area contributed by atoms with Crippen molar-refractivity contribution >= 4 is 15.8 Å². The average molecular weight is 283 g/mol. The van der Waals surface area contributed by atoms with E-state index in [9.17, 15) is 8.42 Å². The predicted molar refractivity (Wildman–Crippen MR) is 69.1 cm³/mol. The number of nitrogen functional groups attached to an aromatic ring is 1. The second-order valence-corrected chi connectivity index (χ2v) is 5.77. The van der Waals surface area contributed by atoms with Crippen molar-refractivity contribution in [3.63, 3.8) is 0 Å². The van der Waals surface area contributed by atoms with Gasteiger partial charge in [-0.2, -0.15) is 9.19 Å². The average Bonchev–Trinajstić information content (AvgIpc) is 2.89. The van der Waals surface area contributed by atoms with Crippen LogP contribution in [-0.2, 0) is 10.0 Å². The fourth-order valence-electron chi connectivity index (χ4n) is 1.39. The van der Waals surface area contributed by atoms with Crippen molar-refractivity contribution in [2.75, 3.05) is 18.6 Å². The summed E-state index contributed by atoms with van der Waals surface area (Å²) in [5.41, 5.74) is 6.51. The number of hydrogen-bond acceptors (Lipinski definition) is 7. The topological polar surface area (TPSA) is 113 Å². The van der Waals surface area contributed by atoms with E-state index < -0.39 is 10.0 Å². The highest BCUT2D eigenvalue weighted by Crippen LogP contribution is 2.22. The Morgan fingerprint density at radius 2 is 2.16 bits per heavy atom. The molecule has 8 nitrogen and oxygen atoms in total. The summed E-state index contributed by atoms with van der Waals surface area (Å²) >= 11 is 0. The molecule has 0 spiro atoms. The molecule has 19 heavy (non-hydrogen) atoms. The van der Waals surface area contributed by atoms with E-state index in [1.807, 2.05) is 0 Å². The van der Waals surface area contributed by atoms with Gasteiger partial charge in [0.05, 0.1) is 37.1 Å². The Kier molecular flexibility index (Phi) is 3.38. The second-order valence-electron chi connectivity index (χ2n) is 3.65. The molecule has 0 aliphatic rings. The Morgan fingerprint density at radius 1 is 1.42 bits per heavy atom. The van der Waals surface area contributed by atoms with Gasteiger partial charge in [0.15, 0.2) is 5.82 Å². The molecule has 0 aliphatic carbocycles. The summed E-state index contributed by atoms with van der Waals surface area (Å²) in [6, 6.07) is 0. The minimum absolute atomic E-state index is 0.0368. The molecule has 0 atom stereocenters. The van der Waals surface area contributed by atoms with Gasteiger partial charge in [0.25, 0.3) is 15.9 Å². The third-order valence-electron chi connectivity index (χ3n) is 2.47. The predicted octanol–water partition coefficient (Wildman–Crippen LogP) is 0.129. The van der Waals surface area contributed by atoms with Crippen LogP contribution in [0.15, 0.2) is 18.6 Å². The smallest absolute Gasteiger partial charge is 0.257 e. The number of nitrogens with two attached hydrogens (primary N) is 1. The van der Waals surface area contributed by atoms with Gasteiger partial charge in [0.2, 0.25) is 0 Å². The molecule has 0 saturated carbocycles. The van der Waals surface area contributed by atoms with E-state index in [0.717, 1.165) is 4.09 Å². The normalized spacial score (nSPS) is 11.5. The summed E-state index contributed by atoms with van der Waals surface area (Å²) in [6.07, 6.45) is 4.20. The maximum atomic E-state index is 11.6. The van der Waals surface area contributed by atoms with E-state index in [4.69, 9.17) is 10.5 Å². The van der Waals surface area contributed by atoms with Crippen molar-refractivity contribution in [2.45, 2.75) is 6.92 Å². The zero-order valence-electron chi connectivity index (χ0n) is 10.4. The Balaban J connectivity index is 2.44. The first kappa shape index (κ1) is 13.3. The highest BCUT2D eigenvalue weighted by molar-refractivity contribution is 7.89. The van der Waals surface area contributed by atoms with Crippen LogP contribution in [0.3, 0.4) is 0 Å². The number of nitrogens with zero attached hydrogens (tertiary/aromatic N) is 4. The third kappa shape index (κ3) is 2.50. The molecule has 0 bridgehead atoms. The van der Waals surface area contributed by atoms with Crippen LogP contribution in [0.2, 0.25) is 0 Å². The molecule has 102 valence electrons. The largest absolute Gasteiger partial charge is 0.478 e. The van der Waals surface area contributed by atoms with Gasteiger partial charge in [-0.05, 0) is 6.92 Å². The Labute approximate surface area is 110 Å². The number of anilines is 1. The number of rotatable bonds is 4. The first-order valence-corrected chi connectivity index (χ1v) is 7.03. The fraction of sp³-hybridized carbons (Fsp3) is 0.300. The van der Waals surface area contributed by atoms with E-state index >= 15 is 0 Å². The zero-order chi connectivity index (χ0) is 14.0. The van der Waals surface area contributed by atoms with Gasteiger partial charge in [-0.1, -0.05) is 0 Å². The molecular formula is C10H13N5O3S. The Hall–Kier alpha value is -2.16. The van der Waals surface area contributed by atoms with Crippen LogP contribution < -0.4 is 10.5 Å². The van der Waals surface area contributed by atoms with Gasteiger partial charge in [-0.3, -0.25) is 0 Å². The van der Waals surface area contributed by atoms with Gasteiger partial charge in [-0.25, -0.2) is 18.4 Å². The van der Waals surface area contributed by atoms with Crippen molar-refractivity contribution in [3.8, 4) is 17.1 Å². The first-order chi connectivity index (χ1) is 8.97. The molecule has 0 fully saturated rings. The van der Waals surface area contributed by atoms with E-state index in [0.29, 0.717) is 11.3 Å². The lowest BCUT2D eigenvalue weighted by Crippen LogP contribution is -2.14. The SMILES string of the molecule is CCS(=O)(=O)n1cc(-c2cnc(N)c(OC)n2)cn1. The lowest BCUT2D eigenvalue weighted by Gasteiger charge is -2.03. The van der Waals surface area contributed by atoms with Crippen LogP contribution in [0.1, 0.15) is 6.92 Å². The first-order valence-electron chi connectivity index (χ1n) is 5.42. The lowest BCUT2D eigenvalue weighted by atomic mass is 10.3. The Bertz CT molecular complexity index is 695. The Morgan fingerprint density at radius 3 is 2.79 bits per heavy atom. The standard InChI is InChI=1S/C10H13N5O3S/c1-3-19(16,17)15-6-7(4-13-15)8-5-12-9(11)10(14-8)18-2/h4-6H,3H2,1-2H3,(H2,11,12). The van der Waals surface area contributed by atoms with Crippen molar-refractivity contribution in [1.29, 1.82) is 0 Å². The molecule has 2 aromatic heterocycles. The lowest BCUT2D eigenvalue weighted by molar-refractivity contribution is 0.399. The summed E-state index contributed by atoms with van der Waals surface area (Å²) < 4.78 is 29.2. The van der Waals surface area contributed by atoms with E-state index in [2.05, 4.69) is 15.1 Å². The van der Waals surface area contributed by atoms with Gasteiger partial charge >= 0.3 is 0 Å². The minimum atomic E-state index is -3.41. The molecule has 0 amide bonds. The molecular weight excluding hydrogens is 270 g/mol. The highest BCUT2D eigenvalue weighted by Gasteiger charge is 2.14. The third-order valence-corrected chi connectivity index (χ3v) is 3.97. The number of methoxy groups -OCH3 is 1. The van der Waals surface area contributed by atoms with Crippen LogP contribution in [0.5, 0.6) is 5.88 Å². The van der Waals surface area contributed by atoms with Crippen molar-refractivity contribution in [1.82, 2.24) is 19.2 Å². The zero-order valence-corrected chi connectivity index (χ0v) is 11.3. The molecule has 2 heterocycles. The van der Waals surface area contributed by atoms with Crippen LogP contribution >= 0.6 is 0 Å². The second kappa shape index (κ2) is 4.84. The number of hydrogen-bond donors (Lipinski definition) is 1. The number of ether oxygens (including phenoxy) is 1. The van der Waals surface area contributed by atoms with Gasteiger partial charge < -0.3 is 10.5 Å². The van der Waals surface area contributed by atoms with Crippen molar-refractivity contribution in [3.05, 3.63) is 18.6 Å². The van der Waals surface area contributed by atoms with Crippen LogP contribution in [0.25, 0.3) is 11.3 Å². The molecule has 0 aliphatic heterocycles. The molecule has 0 radical (unpaired) electrons. The van der Waals surface area contributed by atoms with Gasteiger partial charge in [0.1, 0.15) is 0 Å². The van der Waals surface area contributed by atoms with Crippen LogP contribution in [0.4, 0.5) is 5.82 Å². The van der Waals surface area contributed by atoms with E-state index in [-0.39, 0.29) is 17.5 Å². The molecule has 0 saturated heterocycles. The van der Waals surface area contributed by atoms with E-state index in [1.54, 1.807) is 6.92 Å². The molecule has 9 heteroatoms. The van der Waals surface area contributed by atoms with E-state index in [1.165, 1.54) is 25.7 Å². The summed E-state index contributed by atoms with van der Waals surface area (Å²) in [7, 11) is -1.98. The van der Waals surface area contributed by atoms with Crippen LogP contribution in [-0.4, -0.2) is 40.4 Å². The monoisotopic (exact) mass is 283 g/mol. The molecule has 0 unspecified atom stereocenters. The van der Waals surface area contributed by atoms with Gasteiger partial charge in [0, 0.05) is 5.56 Å². The summed E-state index contributed by atoms with van der Waals surface area (Å²) in [5.74, 6) is 0.314. The molecule has 2 aromatic rings. The highest BCUT2D eigenvalue weighted by atomic mass is 32.2. The molecule has 2 rings (SSSR count). The fourth-order valence-corrected chi connectivity index (χ4v) is 2.12. The molecule has 0 aromatic carbocycles. The van der Waals surface area contributed by atoms with Crippen molar-refractivity contribution < 1.29 is 13.2 Å². The van der Waals surface area contributed by atoms with Gasteiger partial charge in [-0.15, -0.1) is 0 Å². The summed E-state index contributed by atoms with van der Waals surface area (Å²) in [6.45, 7) is 1.54. The maximum absolute atomic E-state index is 11.6. The summed E-state index contributed by atoms with van der Waals surface area (Å²) in [4.78, 5) is 8.05. The quantitative estimate of drug-likeness (QED) is 0.848. The molecule has 2 N–H and O–H groups in total. The number of aromatic nitrogens is 4. The van der Waals surface area contributed by atoms with Crippen LogP contribution in [0, 0.1) is 0 Å². The maximum Gasteiger partial charge on any atom is 0.257 e. The van der Waals surface area contributed by atoms with Crippen molar-refractivity contribution in [2.24, 2.45) is 0 Å². The summed E-state index contributed by atoms with van der Waals surface area (Å²) in [5, 5.41) is 3.80.